The highest BCUT2D eigenvalue weighted by Crippen LogP contribution is 2.19. The largest absolute Gasteiger partial charge is 0.382 e. The fourth-order valence-electron chi connectivity index (χ4n) is 1.92. The summed E-state index contributed by atoms with van der Waals surface area (Å²) in [5.41, 5.74) is 3.74. The van der Waals surface area contributed by atoms with E-state index in [0.717, 1.165) is 0 Å². The molecule has 1 atom stereocenters. The highest BCUT2D eigenvalue weighted by Gasteiger charge is 2.06. The highest BCUT2D eigenvalue weighted by molar-refractivity contribution is 5.58. The van der Waals surface area contributed by atoms with Gasteiger partial charge in [-0.1, -0.05) is 45.1 Å². The van der Waals surface area contributed by atoms with Gasteiger partial charge in [0.15, 0.2) is 0 Å². The average Bonchev–Trinajstić information content (AvgIpc) is 2.30. The molecule has 16 heavy (non-hydrogen) atoms. The molecule has 0 aliphatic heterocycles. The summed E-state index contributed by atoms with van der Waals surface area (Å²) >= 11 is 0. The second-order valence-electron chi connectivity index (χ2n) is 4.32. The molecule has 0 aliphatic rings. The SMILES string of the molecule is C=Cc1ccc(NC(CC)CCC)c(C)c1. The fourth-order valence-corrected chi connectivity index (χ4v) is 1.92. The van der Waals surface area contributed by atoms with Gasteiger partial charge >= 0.3 is 0 Å². The van der Waals surface area contributed by atoms with Crippen molar-refractivity contribution in [3.05, 3.63) is 35.9 Å². The molecule has 1 heteroatoms. The van der Waals surface area contributed by atoms with E-state index in [9.17, 15) is 0 Å². The average molecular weight is 217 g/mol. The van der Waals surface area contributed by atoms with E-state index in [2.05, 4.69) is 50.9 Å². The van der Waals surface area contributed by atoms with Crippen molar-refractivity contribution in [3.8, 4) is 0 Å². The van der Waals surface area contributed by atoms with Gasteiger partial charge in [0, 0.05) is 11.7 Å². The predicted octanol–water partition coefficient (Wildman–Crippen LogP) is 4.63. The minimum Gasteiger partial charge on any atom is -0.382 e. The van der Waals surface area contributed by atoms with Crippen LogP contribution in [-0.4, -0.2) is 6.04 Å². The lowest BCUT2D eigenvalue weighted by Crippen LogP contribution is -2.18. The van der Waals surface area contributed by atoms with E-state index in [0.29, 0.717) is 6.04 Å². The smallest absolute Gasteiger partial charge is 0.0372 e. The van der Waals surface area contributed by atoms with E-state index >= 15 is 0 Å². The second kappa shape index (κ2) is 6.37. The maximum Gasteiger partial charge on any atom is 0.0372 e. The lowest BCUT2D eigenvalue weighted by Gasteiger charge is -2.19. The predicted molar refractivity (Wildman–Crippen MR) is 73.9 cm³/mol. The van der Waals surface area contributed by atoms with E-state index in [1.807, 2.05) is 6.08 Å². The minimum atomic E-state index is 0.596. The first-order chi connectivity index (χ1) is 7.71. The zero-order valence-electron chi connectivity index (χ0n) is 10.7. The maximum atomic E-state index is 3.79. The molecule has 0 aromatic heterocycles. The van der Waals surface area contributed by atoms with Crippen LogP contribution in [-0.2, 0) is 0 Å². The van der Waals surface area contributed by atoms with Crippen LogP contribution in [0.15, 0.2) is 24.8 Å². The molecular formula is C15H23N. The Morgan fingerprint density at radius 2 is 2.12 bits per heavy atom. The minimum absolute atomic E-state index is 0.596. The Balaban J connectivity index is 2.76. The first kappa shape index (κ1) is 12.8. The number of benzene rings is 1. The van der Waals surface area contributed by atoms with Crippen LogP contribution in [0.4, 0.5) is 5.69 Å². The Kier molecular flexibility index (Phi) is 5.10. The standard InChI is InChI=1S/C15H23N/c1-5-8-14(7-3)16-15-10-9-13(6-2)11-12(15)4/h6,9-11,14,16H,2,5,7-8H2,1,3-4H3. The second-order valence-corrected chi connectivity index (χ2v) is 4.32. The van der Waals surface area contributed by atoms with Crippen molar-refractivity contribution in [2.24, 2.45) is 0 Å². The Morgan fingerprint density at radius 3 is 2.62 bits per heavy atom. The van der Waals surface area contributed by atoms with Crippen LogP contribution in [0.25, 0.3) is 6.08 Å². The van der Waals surface area contributed by atoms with Crippen LogP contribution in [0.5, 0.6) is 0 Å². The van der Waals surface area contributed by atoms with Gasteiger partial charge in [0.05, 0.1) is 0 Å². The van der Waals surface area contributed by atoms with Gasteiger partial charge in [-0.25, -0.2) is 0 Å². The molecule has 1 unspecified atom stereocenters. The van der Waals surface area contributed by atoms with E-state index < -0.39 is 0 Å². The number of hydrogen-bond donors (Lipinski definition) is 1. The third-order valence-electron chi connectivity index (χ3n) is 2.98. The summed E-state index contributed by atoms with van der Waals surface area (Å²) in [5, 5.41) is 3.61. The van der Waals surface area contributed by atoms with Crippen molar-refractivity contribution in [1.29, 1.82) is 0 Å². The number of anilines is 1. The normalized spacial score (nSPS) is 12.2. The van der Waals surface area contributed by atoms with Gasteiger partial charge in [-0.3, -0.25) is 0 Å². The molecular weight excluding hydrogens is 194 g/mol. The van der Waals surface area contributed by atoms with Crippen LogP contribution in [0.2, 0.25) is 0 Å². The quantitative estimate of drug-likeness (QED) is 0.732. The van der Waals surface area contributed by atoms with E-state index in [4.69, 9.17) is 0 Å². The topological polar surface area (TPSA) is 12.0 Å². The first-order valence-corrected chi connectivity index (χ1v) is 6.20. The molecule has 1 rings (SSSR count). The van der Waals surface area contributed by atoms with E-state index in [-0.39, 0.29) is 0 Å². The van der Waals surface area contributed by atoms with Crippen LogP contribution in [0, 0.1) is 6.92 Å². The molecule has 0 radical (unpaired) electrons. The summed E-state index contributed by atoms with van der Waals surface area (Å²) < 4.78 is 0. The number of aryl methyl sites for hydroxylation is 1. The Hall–Kier alpha value is -1.24. The van der Waals surface area contributed by atoms with Gasteiger partial charge in [0.1, 0.15) is 0 Å². The Bertz CT molecular complexity index is 341. The summed E-state index contributed by atoms with van der Waals surface area (Å²) in [7, 11) is 0. The number of rotatable bonds is 6. The Morgan fingerprint density at radius 1 is 1.38 bits per heavy atom. The van der Waals surface area contributed by atoms with Gasteiger partial charge in [0.2, 0.25) is 0 Å². The molecule has 0 saturated carbocycles. The Labute approximate surface area is 99.6 Å². The molecule has 1 nitrogen and oxygen atoms in total. The molecule has 0 bridgehead atoms. The van der Waals surface area contributed by atoms with Crippen molar-refractivity contribution >= 4 is 11.8 Å². The van der Waals surface area contributed by atoms with Crippen LogP contribution in [0.3, 0.4) is 0 Å². The summed E-state index contributed by atoms with van der Waals surface area (Å²) in [4.78, 5) is 0. The van der Waals surface area contributed by atoms with Crippen molar-refractivity contribution in [2.75, 3.05) is 5.32 Å². The van der Waals surface area contributed by atoms with Crippen molar-refractivity contribution in [1.82, 2.24) is 0 Å². The summed E-state index contributed by atoms with van der Waals surface area (Å²) in [6.45, 7) is 10.4. The number of nitrogens with one attached hydrogen (secondary N) is 1. The van der Waals surface area contributed by atoms with E-state index in [1.54, 1.807) is 0 Å². The van der Waals surface area contributed by atoms with Crippen LogP contribution >= 0.6 is 0 Å². The summed E-state index contributed by atoms with van der Waals surface area (Å²) in [5.74, 6) is 0. The summed E-state index contributed by atoms with van der Waals surface area (Å²) in [6.07, 6.45) is 5.53. The van der Waals surface area contributed by atoms with Gasteiger partial charge < -0.3 is 5.32 Å². The monoisotopic (exact) mass is 217 g/mol. The van der Waals surface area contributed by atoms with Gasteiger partial charge in [0.25, 0.3) is 0 Å². The van der Waals surface area contributed by atoms with Crippen molar-refractivity contribution in [2.45, 2.75) is 46.1 Å². The molecule has 0 aliphatic carbocycles. The lowest BCUT2D eigenvalue weighted by molar-refractivity contribution is 0.622. The van der Waals surface area contributed by atoms with Crippen molar-refractivity contribution < 1.29 is 0 Å². The molecule has 1 N–H and O–H groups in total. The molecule has 1 aromatic rings. The van der Waals surface area contributed by atoms with E-state index in [1.165, 1.54) is 36.1 Å². The van der Waals surface area contributed by atoms with Crippen molar-refractivity contribution in [3.63, 3.8) is 0 Å². The zero-order valence-corrected chi connectivity index (χ0v) is 10.7. The number of hydrogen-bond acceptors (Lipinski definition) is 1. The van der Waals surface area contributed by atoms with Gasteiger partial charge in [-0.15, -0.1) is 0 Å². The molecule has 1 aromatic carbocycles. The van der Waals surface area contributed by atoms with Gasteiger partial charge in [-0.05, 0) is 37.0 Å². The first-order valence-electron chi connectivity index (χ1n) is 6.20. The molecule has 0 heterocycles. The highest BCUT2D eigenvalue weighted by atomic mass is 14.9. The fraction of sp³-hybridized carbons (Fsp3) is 0.467. The molecule has 0 spiro atoms. The maximum absolute atomic E-state index is 3.79. The molecule has 0 amide bonds. The zero-order chi connectivity index (χ0) is 12.0. The molecule has 88 valence electrons. The van der Waals surface area contributed by atoms with Gasteiger partial charge in [-0.2, -0.15) is 0 Å². The lowest BCUT2D eigenvalue weighted by atomic mass is 10.1. The molecule has 0 fully saturated rings. The summed E-state index contributed by atoms with van der Waals surface area (Å²) in [6, 6.07) is 7.04. The third kappa shape index (κ3) is 3.41. The van der Waals surface area contributed by atoms with Crippen LogP contribution < -0.4 is 5.32 Å². The van der Waals surface area contributed by atoms with Crippen LogP contribution in [0.1, 0.15) is 44.2 Å². The molecule has 0 saturated heterocycles. The third-order valence-corrected chi connectivity index (χ3v) is 2.98.